The summed E-state index contributed by atoms with van der Waals surface area (Å²) in [6.45, 7) is 9.28. The summed E-state index contributed by atoms with van der Waals surface area (Å²) in [6.07, 6.45) is 5.73. The van der Waals surface area contributed by atoms with Gasteiger partial charge in [0.15, 0.2) is 0 Å². The molecule has 0 aromatic carbocycles. The number of nitrogens with one attached hydrogen (secondary N) is 1. The largest absolute Gasteiger partial charge is 0.375 e. The number of hydrogen-bond donors (Lipinski definition) is 1. The third kappa shape index (κ3) is 5.61. The highest BCUT2D eigenvalue weighted by molar-refractivity contribution is 4.70. The topological polar surface area (TPSA) is 21.3 Å². The lowest BCUT2D eigenvalue weighted by molar-refractivity contribution is -0.000887. The molecule has 2 heteroatoms. The molecule has 2 nitrogen and oxygen atoms in total. The zero-order chi connectivity index (χ0) is 10.4. The molecule has 0 amide bonds. The van der Waals surface area contributed by atoms with Crippen LogP contribution in [0.1, 0.15) is 46.5 Å². The minimum Gasteiger partial charge on any atom is -0.375 e. The monoisotopic (exact) mass is 199 g/mol. The van der Waals surface area contributed by atoms with E-state index in [2.05, 4.69) is 26.1 Å². The number of rotatable bonds is 6. The van der Waals surface area contributed by atoms with E-state index in [1.54, 1.807) is 0 Å². The van der Waals surface area contributed by atoms with E-state index in [-0.39, 0.29) is 5.60 Å². The Morgan fingerprint density at radius 3 is 2.43 bits per heavy atom. The van der Waals surface area contributed by atoms with Gasteiger partial charge in [-0.3, -0.25) is 0 Å². The molecule has 0 atom stereocenters. The Hall–Kier alpha value is -0.0800. The van der Waals surface area contributed by atoms with Crippen molar-refractivity contribution in [2.24, 2.45) is 5.92 Å². The van der Waals surface area contributed by atoms with Crippen LogP contribution in [-0.4, -0.2) is 25.3 Å². The molecule has 0 heterocycles. The van der Waals surface area contributed by atoms with Crippen LogP contribution in [0.4, 0.5) is 0 Å². The minimum absolute atomic E-state index is 0.00958. The molecule has 1 N–H and O–H groups in total. The van der Waals surface area contributed by atoms with E-state index in [9.17, 15) is 0 Å². The molecule has 0 aliphatic heterocycles. The maximum atomic E-state index is 5.61. The lowest BCUT2D eigenvalue weighted by Gasteiger charge is -2.25. The van der Waals surface area contributed by atoms with Gasteiger partial charge in [0.05, 0.1) is 12.2 Å². The van der Waals surface area contributed by atoms with E-state index in [4.69, 9.17) is 4.74 Å². The third-order valence-electron chi connectivity index (χ3n) is 2.77. The Kier molecular flexibility index (Phi) is 4.90. The molecule has 1 rings (SSSR count). The first-order chi connectivity index (χ1) is 6.58. The fourth-order valence-corrected chi connectivity index (χ4v) is 1.64. The van der Waals surface area contributed by atoms with Crippen molar-refractivity contribution in [1.82, 2.24) is 5.32 Å². The molecule has 1 aliphatic rings. The van der Waals surface area contributed by atoms with Crippen molar-refractivity contribution in [2.45, 2.75) is 52.1 Å². The van der Waals surface area contributed by atoms with E-state index in [0.29, 0.717) is 0 Å². The Morgan fingerprint density at radius 2 is 1.93 bits per heavy atom. The van der Waals surface area contributed by atoms with Crippen LogP contribution in [0.25, 0.3) is 0 Å². The van der Waals surface area contributed by atoms with Crippen LogP contribution in [0.3, 0.4) is 0 Å². The second kappa shape index (κ2) is 5.72. The molecule has 0 unspecified atom stereocenters. The van der Waals surface area contributed by atoms with Gasteiger partial charge in [0.25, 0.3) is 0 Å². The summed E-state index contributed by atoms with van der Waals surface area (Å²) in [4.78, 5) is 0. The van der Waals surface area contributed by atoms with Crippen molar-refractivity contribution in [3.8, 4) is 0 Å². The third-order valence-corrected chi connectivity index (χ3v) is 2.77. The summed E-state index contributed by atoms with van der Waals surface area (Å²) in [7, 11) is 0. The van der Waals surface area contributed by atoms with Gasteiger partial charge in [0, 0.05) is 6.54 Å². The van der Waals surface area contributed by atoms with Crippen LogP contribution < -0.4 is 5.32 Å². The smallest absolute Gasteiger partial charge is 0.0599 e. The molecule has 0 spiro atoms. The molecule has 0 radical (unpaired) electrons. The lowest BCUT2D eigenvalue weighted by Crippen LogP contribution is -2.28. The summed E-state index contributed by atoms with van der Waals surface area (Å²) in [5.74, 6) is 1.02. The highest BCUT2D eigenvalue weighted by Gasteiger charge is 2.16. The Bertz CT molecular complexity index is 147. The lowest BCUT2D eigenvalue weighted by atomic mass is 9.83. The first kappa shape index (κ1) is 12.0. The predicted molar refractivity (Wildman–Crippen MR) is 60.5 cm³/mol. The number of hydrogen-bond acceptors (Lipinski definition) is 2. The van der Waals surface area contributed by atoms with Crippen molar-refractivity contribution in [3.05, 3.63) is 0 Å². The molecule has 0 aromatic heterocycles. The molecule has 1 aliphatic carbocycles. The van der Waals surface area contributed by atoms with E-state index < -0.39 is 0 Å². The SMILES string of the molecule is CC(C)(C)OCCNCCC1CCC1. The van der Waals surface area contributed by atoms with E-state index in [1.165, 1.54) is 25.7 Å². The quantitative estimate of drug-likeness (QED) is 0.664. The molecular weight excluding hydrogens is 174 g/mol. The fourth-order valence-electron chi connectivity index (χ4n) is 1.64. The van der Waals surface area contributed by atoms with E-state index in [0.717, 1.165) is 25.6 Å². The maximum Gasteiger partial charge on any atom is 0.0599 e. The zero-order valence-corrected chi connectivity index (χ0v) is 9.94. The van der Waals surface area contributed by atoms with Gasteiger partial charge in [-0.15, -0.1) is 0 Å². The average Bonchev–Trinajstić information content (AvgIpc) is 1.97. The van der Waals surface area contributed by atoms with Crippen LogP contribution in [0, 0.1) is 5.92 Å². The van der Waals surface area contributed by atoms with Gasteiger partial charge in [-0.05, 0) is 39.7 Å². The highest BCUT2D eigenvalue weighted by atomic mass is 16.5. The zero-order valence-electron chi connectivity index (χ0n) is 9.94. The summed E-state index contributed by atoms with van der Waals surface area (Å²) < 4.78 is 5.61. The molecule has 0 aromatic rings. The summed E-state index contributed by atoms with van der Waals surface area (Å²) >= 11 is 0. The second-order valence-electron chi connectivity index (χ2n) is 5.30. The normalized spacial score (nSPS) is 18.2. The molecule has 84 valence electrons. The van der Waals surface area contributed by atoms with Crippen LogP contribution in [0.5, 0.6) is 0 Å². The van der Waals surface area contributed by atoms with Crippen LogP contribution in [-0.2, 0) is 4.74 Å². The van der Waals surface area contributed by atoms with Gasteiger partial charge in [0.2, 0.25) is 0 Å². The van der Waals surface area contributed by atoms with Gasteiger partial charge in [-0.1, -0.05) is 19.3 Å². The van der Waals surface area contributed by atoms with Crippen LogP contribution >= 0.6 is 0 Å². The van der Waals surface area contributed by atoms with E-state index >= 15 is 0 Å². The Balaban J connectivity index is 1.80. The van der Waals surface area contributed by atoms with Gasteiger partial charge < -0.3 is 10.1 Å². The van der Waals surface area contributed by atoms with Crippen molar-refractivity contribution in [1.29, 1.82) is 0 Å². The summed E-state index contributed by atoms with van der Waals surface area (Å²) in [6, 6.07) is 0. The first-order valence-electron chi connectivity index (χ1n) is 5.92. The van der Waals surface area contributed by atoms with Crippen molar-refractivity contribution in [2.75, 3.05) is 19.7 Å². The van der Waals surface area contributed by atoms with Crippen molar-refractivity contribution in [3.63, 3.8) is 0 Å². The summed E-state index contributed by atoms with van der Waals surface area (Å²) in [5.41, 5.74) is 0.00958. The fraction of sp³-hybridized carbons (Fsp3) is 1.00. The molecular formula is C12H25NO. The summed E-state index contributed by atoms with van der Waals surface area (Å²) in [5, 5.41) is 3.43. The van der Waals surface area contributed by atoms with E-state index in [1.807, 2.05) is 0 Å². The average molecular weight is 199 g/mol. The number of ether oxygens (including phenoxy) is 1. The van der Waals surface area contributed by atoms with Crippen molar-refractivity contribution < 1.29 is 4.74 Å². The molecule has 14 heavy (non-hydrogen) atoms. The van der Waals surface area contributed by atoms with Gasteiger partial charge in [0.1, 0.15) is 0 Å². The first-order valence-corrected chi connectivity index (χ1v) is 5.92. The second-order valence-corrected chi connectivity index (χ2v) is 5.30. The molecule has 0 saturated heterocycles. The molecule has 1 fully saturated rings. The van der Waals surface area contributed by atoms with Gasteiger partial charge >= 0.3 is 0 Å². The van der Waals surface area contributed by atoms with Gasteiger partial charge in [-0.2, -0.15) is 0 Å². The van der Waals surface area contributed by atoms with Crippen LogP contribution in [0.15, 0.2) is 0 Å². The Labute approximate surface area is 88.4 Å². The Morgan fingerprint density at radius 1 is 1.21 bits per heavy atom. The minimum atomic E-state index is 0.00958. The predicted octanol–water partition coefficient (Wildman–Crippen LogP) is 2.58. The molecule has 1 saturated carbocycles. The standard InChI is InChI=1S/C12H25NO/c1-12(2,3)14-10-9-13-8-7-11-5-4-6-11/h11,13H,4-10H2,1-3H3. The van der Waals surface area contributed by atoms with Crippen LogP contribution in [0.2, 0.25) is 0 Å². The van der Waals surface area contributed by atoms with Crippen molar-refractivity contribution >= 4 is 0 Å². The maximum absolute atomic E-state index is 5.61. The highest BCUT2D eigenvalue weighted by Crippen LogP contribution is 2.28. The van der Waals surface area contributed by atoms with Gasteiger partial charge in [-0.25, -0.2) is 0 Å². The molecule has 0 bridgehead atoms.